The summed E-state index contributed by atoms with van der Waals surface area (Å²) in [6, 6.07) is 10.1. The minimum absolute atomic E-state index is 0.172. The van der Waals surface area contributed by atoms with Gasteiger partial charge < -0.3 is 9.88 Å². The summed E-state index contributed by atoms with van der Waals surface area (Å²) in [6.07, 6.45) is 3.96. The van der Waals surface area contributed by atoms with E-state index in [4.69, 9.17) is 11.6 Å². The van der Waals surface area contributed by atoms with Crippen LogP contribution in [0.15, 0.2) is 51.4 Å². The monoisotopic (exact) mass is 320 g/mol. The van der Waals surface area contributed by atoms with Crippen molar-refractivity contribution in [2.45, 2.75) is 4.90 Å². The molecule has 1 N–H and O–H groups in total. The van der Waals surface area contributed by atoms with Gasteiger partial charge in [-0.25, -0.2) is 0 Å². The van der Waals surface area contributed by atoms with Gasteiger partial charge in [-0.05, 0) is 31.2 Å². The molecule has 0 radical (unpaired) electrons. The Kier molecular flexibility index (Phi) is 5.47. The Morgan fingerprint density at radius 1 is 1.38 bits per heavy atom. The molecular formula is C15H17ClN4S. The van der Waals surface area contributed by atoms with Gasteiger partial charge in [0.2, 0.25) is 0 Å². The van der Waals surface area contributed by atoms with Crippen molar-refractivity contribution in [3.05, 3.63) is 42.2 Å². The van der Waals surface area contributed by atoms with Gasteiger partial charge in [0.25, 0.3) is 0 Å². The standard InChI is InChI=1S/C15H17ClN4S/c1-17-12-8-9-20(2)14(12)15(18-10-16)19-11-6-4-5-7-13(11)21-3/h4-9H,1,10H2,2-3H3,(H,18,19). The van der Waals surface area contributed by atoms with Gasteiger partial charge >= 0.3 is 0 Å². The number of alkyl halides is 1. The van der Waals surface area contributed by atoms with Gasteiger partial charge in [-0.2, -0.15) is 0 Å². The molecule has 0 unspecified atom stereocenters. The van der Waals surface area contributed by atoms with Crippen LogP contribution in [0.3, 0.4) is 0 Å². The zero-order chi connectivity index (χ0) is 15.2. The van der Waals surface area contributed by atoms with Gasteiger partial charge in [0, 0.05) is 18.1 Å². The summed E-state index contributed by atoms with van der Waals surface area (Å²) in [5.74, 6) is 0.682. The smallest absolute Gasteiger partial charge is 0.153 e. The summed E-state index contributed by atoms with van der Waals surface area (Å²) in [5, 5.41) is 3.35. The normalized spacial score (nSPS) is 11.5. The molecule has 4 nitrogen and oxygen atoms in total. The third-order valence-corrected chi connectivity index (χ3v) is 3.94. The van der Waals surface area contributed by atoms with Crippen LogP contribution in [-0.4, -0.2) is 29.4 Å². The fraction of sp³-hybridized carbons (Fsp3) is 0.200. The fourth-order valence-electron chi connectivity index (χ4n) is 2.04. The summed E-state index contributed by atoms with van der Waals surface area (Å²) in [4.78, 5) is 9.54. The highest BCUT2D eigenvalue weighted by atomic mass is 35.5. The first-order valence-corrected chi connectivity index (χ1v) is 8.10. The maximum atomic E-state index is 5.81. The quantitative estimate of drug-likeness (QED) is 0.296. The number of aryl methyl sites for hydroxylation is 1. The molecule has 0 aliphatic rings. The summed E-state index contributed by atoms with van der Waals surface area (Å²) in [6.45, 7) is 3.60. The summed E-state index contributed by atoms with van der Waals surface area (Å²) < 4.78 is 1.95. The lowest BCUT2D eigenvalue weighted by Crippen LogP contribution is -2.18. The Morgan fingerprint density at radius 3 is 2.81 bits per heavy atom. The molecule has 2 aromatic rings. The molecule has 0 saturated carbocycles. The summed E-state index contributed by atoms with van der Waals surface area (Å²) in [5.41, 5.74) is 2.63. The van der Waals surface area contributed by atoms with Crippen LogP contribution < -0.4 is 5.32 Å². The van der Waals surface area contributed by atoms with Crippen molar-refractivity contribution in [2.75, 3.05) is 17.6 Å². The van der Waals surface area contributed by atoms with E-state index < -0.39 is 0 Å². The highest BCUT2D eigenvalue weighted by Crippen LogP contribution is 2.27. The van der Waals surface area contributed by atoms with E-state index in [0.717, 1.165) is 22.0 Å². The predicted octanol–water partition coefficient (Wildman–Crippen LogP) is 4.13. The number of rotatable bonds is 5. The van der Waals surface area contributed by atoms with Crippen molar-refractivity contribution in [1.82, 2.24) is 4.57 Å². The molecule has 0 atom stereocenters. The average molecular weight is 321 g/mol. The second-order valence-corrected chi connectivity index (χ2v) is 5.36. The first-order chi connectivity index (χ1) is 10.2. The van der Waals surface area contributed by atoms with Crippen LogP contribution in [0.2, 0.25) is 0 Å². The molecule has 0 aliphatic carbocycles. The molecule has 0 amide bonds. The largest absolute Gasteiger partial charge is 0.346 e. The van der Waals surface area contributed by atoms with E-state index in [2.05, 4.69) is 28.1 Å². The Morgan fingerprint density at radius 2 is 2.14 bits per heavy atom. The third kappa shape index (κ3) is 3.49. The van der Waals surface area contributed by atoms with E-state index in [9.17, 15) is 0 Å². The number of aliphatic imine (C=N–C) groups is 2. The molecule has 0 spiro atoms. The van der Waals surface area contributed by atoms with Crippen LogP contribution in [0.5, 0.6) is 0 Å². The number of hydrogen-bond donors (Lipinski definition) is 1. The molecule has 1 aromatic carbocycles. The number of para-hydroxylation sites is 1. The van der Waals surface area contributed by atoms with Crippen molar-refractivity contribution in [1.29, 1.82) is 0 Å². The van der Waals surface area contributed by atoms with Crippen LogP contribution in [-0.2, 0) is 7.05 Å². The third-order valence-electron chi connectivity index (χ3n) is 3.02. The van der Waals surface area contributed by atoms with Crippen molar-refractivity contribution < 1.29 is 0 Å². The molecular weight excluding hydrogens is 304 g/mol. The number of thioether (sulfide) groups is 1. The highest BCUT2D eigenvalue weighted by molar-refractivity contribution is 7.98. The lowest BCUT2D eigenvalue weighted by Gasteiger charge is -2.14. The molecule has 0 fully saturated rings. The van der Waals surface area contributed by atoms with E-state index in [1.165, 1.54) is 0 Å². The van der Waals surface area contributed by atoms with Crippen LogP contribution in [0, 0.1) is 0 Å². The second-order valence-electron chi connectivity index (χ2n) is 4.27. The van der Waals surface area contributed by atoms with Crippen molar-refractivity contribution in [3.63, 3.8) is 0 Å². The van der Waals surface area contributed by atoms with Crippen molar-refractivity contribution in [2.24, 2.45) is 17.0 Å². The number of anilines is 1. The Hall–Kier alpha value is -1.72. The molecule has 0 bridgehead atoms. The molecule has 0 saturated heterocycles. The van der Waals surface area contributed by atoms with Crippen LogP contribution in [0.1, 0.15) is 5.69 Å². The minimum atomic E-state index is 0.172. The second kappa shape index (κ2) is 7.33. The number of aromatic nitrogens is 1. The minimum Gasteiger partial charge on any atom is -0.346 e. The first-order valence-electron chi connectivity index (χ1n) is 6.34. The molecule has 6 heteroatoms. The predicted molar refractivity (Wildman–Crippen MR) is 93.7 cm³/mol. The van der Waals surface area contributed by atoms with Crippen molar-refractivity contribution in [3.8, 4) is 0 Å². The molecule has 1 aromatic heterocycles. The fourth-order valence-corrected chi connectivity index (χ4v) is 2.71. The molecule has 21 heavy (non-hydrogen) atoms. The number of nitrogens with one attached hydrogen (secondary N) is 1. The van der Waals surface area contributed by atoms with Gasteiger partial charge in [-0.15, -0.1) is 23.4 Å². The van der Waals surface area contributed by atoms with E-state index in [1.807, 2.05) is 48.3 Å². The first kappa shape index (κ1) is 15.7. The Balaban J connectivity index is 2.43. The molecule has 110 valence electrons. The van der Waals surface area contributed by atoms with Crippen LogP contribution >= 0.6 is 23.4 Å². The SMILES string of the molecule is C=Nc1ccn(C)c1C(=NCCl)Nc1ccccc1SC. The van der Waals surface area contributed by atoms with Gasteiger partial charge in [0.15, 0.2) is 5.84 Å². The number of hydrogen-bond acceptors (Lipinski definition) is 3. The zero-order valence-corrected chi connectivity index (χ0v) is 13.6. The maximum absolute atomic E-state index is 5.81. The number of nitrogens with zero attached hydrogens (tertiary/aromatic N) is 3. The zero-order valence-electron chi connectivity index (χ0n) is 12.0. The van der Waals surface area contributed by atoms with E-state index >= 15 is 0 Å². The summed E-state index contributed by atoms with van der Waals surface area (Å²) in [7, 11) is 1.94. The van der Waals surface area contributed by atoms with Gasteiger partial charge in [-0.3, -0.25) is 9.98 Å². The van der Waals surface area contributed by atoms with E-state index in [1.54, 1.807) is 11.8 Å². The van der Waals surface area contributed by atoms with Gasteiger partial charge in [0.05, 0.1) is 11.4 Å². The number of benzene rings is 1. The Bertz CT molecular complexity index is 663. The van der Waals surface area contributed by atoms with E-state index in [-0.39, 0.29) is 6.00 Å². The number of amidine groups is 1. The van der Waals surface area contributed by atoms with Crippen molar-refractivity contribution >= 4 is 47.3 Å². The lowest BCUT2D eigenvalue weighted by atomic mass is 10.2. The summed E-state index contributed by atoms with van der Waals surface area (Å²) >= 11 is 7.49. The molecule has 0 aliphatic heterocycles. The van der Waals surface area contributed by atoms with Crippen LogP contribution in [0.25, 0.3) is 0 Å². The average Bonchev–Trinajstić information content (AvgIpc) is 2.88. The van der Waals surface area contributed by atoms with Crippen LogP contribution in [0.4, 0.5) is 11.4 Å². The Labute approximate surface area is 133 Å². The van der Waals surface area contributed by atoms with Gasteiger partial charge in [-0.1, -0.05) is 12.1 Å². The maximum Gasteiger partial charge on any atom is 0.153 e. The number of halogens is 1. The van der Waals surface area contributed by atoms with Gasteiger partial charge in [0.1, 0.15) is 11.7 Å². The van der Waals surface area contributed by atoms with E-state index in [0.29, 0.717) is 5.84 Å². The lowest BCUT2D eigenvalue weighted by molar-refractivity contribution is 0.913. The molecule has 2 rings (SSSR count). The molecule has 1 heterocycles. The highest BCUT2D eigenvalue weighted by Gasteiger charge is 2.14. The topological polar surface area (TPSA) is 41.7 Å².